The van der Waals surface area contributed by atoms with E-state index >= 15 is 0 Å². The van der Waals surface area contributed by atoms with Crippen molar-refractivity contribution in [3.63, 3.8) is 0 Å². The molecule has 0 aromatic heterocycles. The highest BCUT2D eigenvalue weighted by molar-refractivity contribution is 5.85. The molecule has 1 aliphatic heterocycles. The summed E-state index contributed by atoms with van der Waals surface area (Å²) in [6, 6.07) is 18.9. The standard InChI is InChI=1S/C19H24N2O2.2ClH/c22-19(13-20-10-11-23-15-19)14-21-12-16-6-8-18(9-7-16)17-4-2-1-3-5-17;;/h1-9,20-22H,10-15H2;2*1H. The van der Waals surface area contributed by atoms with Crippen molar-refractivity contribution in [1.29, 1.82) is 0 Å². The molecule has 0 radical (unpaired) electrons. The second kappa shape index (κ2) is 10.8. The number of hydrogen-bond acceptors (Lipinski definition) is 4. The normalized spacial score (nSPS) is 20.0. The van der Waals surface area contributed by atoms with Crippen LogP contribution in [0.4, 0.5) is 0 Å². The third kappa shape index (κ3) is 6.59. The van der Waals surface area contributed by atoms with Crippen LogP contribution < -0.4 is 10.6 Å². The van der Waals surface area contributed by atoms with Crippen LogP contribution in [0.2, 0.25) is 0 Å². The Morgan fingerprint density at radius 1 is 1.00 bits per heavy atom. The minimum Gasteiger partial charge on any atom is -0.385 e. The van der Waals surface area contributed by atoms with E-state index in [0.717, 1.165) is 13.1 Å². The van der Waals surface area contributed by atoms with E-state index in [0.29, 0.717) is 26.3 Å². The van der Waals surface area contributed by atoms with E-state index in [9.17, 15) is 5.11 Å². The first-order valence-corrected chi connectivity index (χ1v) is 8.11. The number of halogens is 2. The number of β-amino-alcohol motifs (C(OH)–C–C–N with tert-alkyl or cyclic N) is 1. The molecule has 0 bridgehead atoms. The zero-order valence-corrected chi connectivity index (χ0v) is 15.7. The van der Waals surface area contributed by atoms with Crippen molar-refractivity contribution in [3.05, 3.63) is 60.2 Å². The van der Waals surface area contributed by atoms with E-state index in [-0.39, 0.29) is 24.8 Å². The molecule has 138 valence electrons. The summed E-state index contributed by atoms with van der Waals surface area (Å²) in [6.45, 7) is 3.64. The van der Waals surface area contributed by atoms with Crippen LogP contribution in [-0.4, -0.2) is 43.6 Å². The highest BCUT2D eigenvalue weighted by Crippen LogP contribution is 2.19. The van der Waals surface area contributed by atoms with Gasteiger partial charge < -0.3 is 20.5 Å². The van der Waals surface area contributed by atoms with Gasteiger partial charge in [0.1, 0.15) is 5.60 Å². The van der Waals surface area contributed by atoms with Crippen LogP contribution in [0, 0.1) is 0 Å². The van der Waals surface area contributed by atoms with Crippen molar-refractivity contribution >= 4 is 24.8 Å². The van der Waals surface area contributed by atoms with Crippen molar-refractivity contribution in [2.45, 2.75) is 12.1 Å². The Bertz CT molecular complexity index is 601. The molecule has 0 aliphatic carbocycles. The fraction of sp³-hybridized carbons (Fsp3) is 0.368. The molecule has 1 saturated heterocycles. The van der Waals surface area contributed by atoms with Gasteiger partial charge in [-0.15, -0.1) is 24.8 Å². The third-order valence-corrected chi connectivity index (χ3v) is 4.09. The maximum atomic E-state index is 10.5. The van der Waals surface area contributed by atoms with Gasteiger partial charge >= 0.3 is 0 Å². The van der Waals surface area contributed by atoms with Crippen molar-refractivity contribution in [2.24, 2.45) is 0 Å². The second-order valence-corrected chi connectivity index (χ2v) is 6.12. The predicted molar refractivity (Wildman–Crippen MR) is 107 cm³/mol. The van der Waals surface area contributed by atoms with Crippen LogP contribution in [0.25, 0.3) is 11.1 Å². The topological polar surface area (TPSA) is 53.5 Å². The number of hydrogen-bond donors (Lipinski definition) is 3. The summed E-state index contributed by atoms with van der Waals surface area (Å²) >= 11 is 0. The van der Waals surface area contributed by atoms with E-state index in [1.54, 1.807) is 0 Å². The van der Waals surface area contributed by atoms with E-state index in [4.69, 9.17) is 4.74 Å². The summed E-state index contributed by atoms with van der Waals surface area (Å²) in [6.07, 6.45) is 0. The average molecular weight is 385 g/mol. The van der Waals surface area contributed by atoms with Gasteiger partial charge in [0.25, 0.3) is 0 Å². The Morgan fingerprint density at radius 3 is 2.40 bits per heavy atom. The minimum atomic E-state index is -0.833. The van der Waals surface area contributed by atoms with Gasteiger partial charge in [-0.2, -0.15) is 0 Å². The molecule has 1 aliphatic rings. The molecule has 25 heavy (non-hydrogen) atoms. The van der Waals surface area contributed by atoms with Crippen LogP contribution in [0.1, 0.15) is 5.56 Å². The molecule has 4 nitrogen and oxygen atoms in total. The van der Waals surface area contributed by atoms with Crippen LogP contribution in [0.15, 0.2) is 54.6 Å². The third-order valence-electron chi connectivity index (χ3n) is 4.09. The molecule has 1 unspecified atom stereocenters. The van der Waals surface area contributed by atoms with Crippen molar-refractivity contribution in [3.8, 4) is 11.1 Å². The quantitative estimate of drug-likeness (QED) is 0.741. The van der Waals surface area contributed by atoms with Crippen molar-refractivity contribution < 1.29 is 9.84 Å². The summed E-state index contributed by atoms with van der Waals surface area (Å²) in [4.78, 5) is 0. The Kier molecular flexibility index (Phi) is 9.43. The molecule has 0 amide bonds. The molecule has 1 atom stereocenters. The number of aliphatic hydroxyl groups is 1. The van der Waals surface area contributed by atoms with Gasteiger partial charge in [0.05, 0.1) is 13.2 Å². The maximum Gasteiger partial charge on any atom is 0.113 e. The van der Waals surface area contributed by atoms with E-state index in [1.165, 1.54) is 16.7 Å². The average Bonchev–Trinajstić information content (AvgIpc) is 2.81. The van der Waals surface area contributed by atoms with Gasteiger partial charge in [-0.3, -0.25) is 0 Å². The van der Waals surface area contributed by atoms with E-state index in [2.05, 4.69) is 47.0 Å². The van der Waals surface area contributed by atoms with E-state index < -0.39 is 5.60 Å². The number of nitrogens with one attached hydrogen (secondary N) is 2. The number of ether oxygens (including phenoxy) is 1. The molecular formula is C19H26Cl2N2O2. The molecule has 6 heteroatoms. The molecule has 3 N–H and O–H groups in total. The molecule has 0 spiro atoms. The molecular weight excluding hydrogens is 359 g/mol. The zero-order chi connectivity index (χ0) is 16.0. The smallest absolute Gasteiger partial charge is 0.113 e. The second-order valence-electron chi connectivity index (χ2n) is 6.12. The Hall–Kier alpha value is -1.14. The molecule has 1 heterocycles. The minimum absolute atomic E-state index is 0. The van der Waals surface area contributed by atoms with Crippen LogP contribution in [0.5, 0.6) is 0 Å². The summed E-state index contributed by atoms with van der Waals surface area (Å²) < 4.78 is 5.43. The first-order chi connectivity index (χ1) is 11.3. The zero-order valence-electron chi connectivity index (χ0n) is 14.1. The van der Waals surface area contributed by atoms with Gasteiger partial charge in [-0.1, -0.05) is 54.6 Å². The largest absolute Gasteiger partial charge is 0.385 e. The summed E-state index contributed by atoms with van der Waals surface area (Å²) in [7, 11) is 0. The van der Waals surface area contributed by atoms with Gasteiger partial charge in [0, 0.05) is 26.2 Å². The van der Waals surface area contributed by atoms with Gasteiger partial charge in [-0.25, -0.2) is 0 Å². The van der Waals surface area contributed by atoms with Gasteiger partial charge in [0.15, 0.2) is 0 Å². The first kappa shape index (κ1) is 21.9. The predicted octanol–water partition coefficient (Wildman–Crippen LogP) is 2.64. The Labute approximate surface area is 161 Å². The fourth-order valence-corrected chi connectivity index (χ4v) is 2.78. The van der Waals surface area contributed by atoms with Crippen LogP contribution >= 0.6 is 24.8 Å². The maximum absolute atomic E-state index is 10.5. The summed E-state index contributed by atoms with van der Waals surface area (Å²) in [5.41, 5.74) is 2.81. The lowest BCUT2D eigenvalue weighted by atomic mass is 10.0. The molecule has 2 aromatic carbocycles. The Balaban J connectivity index is 0.00000156. The van der Waals surface area contributed by atoms with Crippen molar-refractivity contribution in [1.82, 2.24) is 10.6 Å². The van der Waals surface area contributed by atoms with Crippen molar-refractivity contribution in [2.75, 3.05) is 32.8 Å². The lowest BCUT2D eigenvalue weighted by molar-refractivity contribution is -0.0264. The molecule has 3 rings (SSSR count). The first-order valence-electron chi connectivity index (χ1n) is 8.11. The highest BCUT2D eigenvalue weighted by Gasteiger charge is 2.28. The molecule has 1 fully saturated rings. The summed E-state index contributed by atoms with van der Waals surface area (Å²) in [5, 5.41) is 17.0. The lowest BCUT2D eigenvalue weighted by Crippen LogP contribution is -2.50. The van der Waals surface area contributed by atoms with Gasteiger partial charge in [-0.05, 0) is 16.7 Å². The molecule has 0 saturated carbocycles. The van der Waals surface area contributed by atoms with Crippen LogP contribution in [0.3, 0.4) is 0 Å². The summed E-state index contributed by atoms with van der Waals surface area (Å²) in [5.74, 6) is 0. The fourth-order valence-electron chi connectivity index (χ4n) is 2.78. The lowest BCUT2D eigenvalue weighted by Gasteiger charge is -2.26. The monoisotopic (exact) mass is 384 g/mol. The number of benzene rings is 2. The molecule has 2 aromatic rings. The SMILES string of the molecule is Cl.Cl.OC1(CNCc2ccc(-c3ccccc3)cc2)CNCCOC1. The van der Waals surface area contributed by atoms with E-state index in [1.807, 2.05) is 18.2 Å². The highest BCUT2D eigenvalue weighted by atomic mass is 35.5. The van der Waals surface area contributed by atoms with Gasteiger partial charge in [0.2, 0.25) is 0 Å². The number of rotatable bonds is 5. The Morgan fingerprint density at radius 2 is 1.68 bits per heavy atom. The van der Waals surface area contributed by atoms with Crippen LogP contribution in [-0.2, 0) is 11.3 Å².